The molecule has 0 aliphatic heterocycles. The second kappa shape index (κ2) is 12.1. The average molecular weight is 499 g/mol. The molecule has 1 heterocycles. The lowest BCUT2D eigenvalue weighted by atomic mass is 9.96. The number of aliphatic hydroxyl groups is 2. The maximum Gasteiger partial charge on any atom is 0.271 e. The maximum absolute atomic E-state index is 12.7. The number of thiazole rings is 1. The summed E-state index contributed by atoms with van der Waals surface area (Å²) < 4.78 is 24.9. The van der Waals surface area contributed by atoms with Crippen LogP contribution in [0.25, 0.3) is 0 Å². The Kier molecular flexibility index (Phi) is 9.77. The molecule has 0 spiro atoms. The first-order chi connectivity index (χ1) is 15.4. The second-order valence-corrected chi connectivity index (χ2v) is 10.7. The highest BCUT2D eigenvalue weighted by Crippen LogP contribution is 2.18. The first-order valence-electron chi connectivity index (χ1n) is 10.4. The van der Waals surface area contributed by atoms with Gasteiger partial charge in [0.15, 0.2) is 5.13 Å². The molecule has 0 aliphatic rings. The van der Waals surface area contributed by atoms with Crippen LogP contribution < -0.4 is 15.4 Å². The lowest BCUT2D eigenvalue weighted by Crippen LogP contribution is -2.51. The Morgan fingerprint density at radius 2 is 1.82 bits per heavy atom. The van der Waals surface area contributed by atoms with Crippen LogP contribution >= 0.6 is 11.3 Å². The van der Waals surface area contributed by atoms with E-state index < -0.39 is 40.1 Å². The Bertz CT molecular complexity index is 1030. The van der Waals surface area contributed by atoms with Gasteiger partial charge in [0.25, 0.3) is 5.91 Å². The van der Waals surface area contributed by atoms with Crippen molar-refractivity contribution in [2.75, 3.05) is 17.5 Å². The van der Waals surface area contributed by atoms with Gasteiger partial charge in [-0.25, -0.2) is 13.4 Å². The summed E-state index contributed by atoms with van der Waals surface area (Å²) in [6, 6.07) is 8.13. The van der Waals surface area contributed by atoms with Gasteiger partial charge in [0.1, 0.15) is 11.8 Å². The molecule has 2 aromatic rings. The maximum atomic E-state index is 12.7. The summed E-state index contributed by atoms with van der Waals surface area (Å²) in [7, 11) is -3.54. The van der Waals surface area contributed by atoms with Gasteiger partial charge in [-0.2, -0.15) is 0 Å². The monoisotopic (exact) mass is 498 g/mol. The zero-order valence-electron chi connectivity index (χ0n) is 18.7. The van der Waals surface area contributed by atoms with E-state index in [4.69, 9.17) is 0 Å². The highest BCUT2D eigenvalue weighted by molar-refractivity contribution is 7.92. The molecule has 2 rings (SSSR count). The molecule has 0 fully saturated rings. The van der Waals surface area contributed by atoms with E-state index in [1.165, 1.54) is 5.38 Å². The van der Waals surface area contributed by atoms with Crippen molar-refractivity contribution < 1.29 is 28.2 Å². The van der Waals surface area contributed by atoms with Crippen molar-refractivity contribution in [2.24, 2.45) is 5.92 Å². The van der Waals surface area contributed by atoms with Crippen LogP contribution in [0.5, 0.6) is 0 Å². The molecule has 0 unspecified atom stereocenters. The molecule has 0 bridgehead atoms. The number of benzene rings is 1. The Morgan fingerprint density at radius 1 is 1.15 bits per heavy atom. The number of amides is 2. The molecular formula is C21H30N4O6S2. The Labute approximate surface area is 197 Å². The van der Waals surface area contributed by atoms with Gasteiger partial charge in [0, 0.05) is 11.9 Å². The fraction of sp³-hybridized carbons (Fsp3) is 0.476. The molecule has 182 valence electrons. The first kappa shape index (κ1) is 26.7. The molecule has 1 aromatic heterocycles. The smallest absolute Gasteiger partial charge is 0.271 e. The molecule has 3 atom stereocenters. The third-order valence-corrected chi connectivity index (χ3v) is 5.98. The summed E-state index contributed by atoms with van der Waals surface area (Å²) in [5.74, 6) is -0.818. The molecular weight excluding hydrogens is 468 g/mol. The fourth-order valence-corrected chi connectivity index (χ4v) is 4.46. The summed E-state index contributed by atoms with van der Waals surface area (Å²) in [5, 5.41) is 28.0. The summed E-state index contributed by atoms with van der Waals surface area (Å²) in [6.07, 6.45) is -2.01. The van der Waals surface area contributed by atoms with Gasteiger partial charge >= 0.3 is 0 Å². The lowest BCUT2D eigenvalue weighted by Gasteiger charge is -2.27. The van der Waals surface area contributed by atoms with Crippen molar-refractivity contribution in [1.82, 2.24) is 15.6 Å². The summed E-state index contributed by atoms with van der Waals surface area (Å²) in [5.41, 5.74) is 0.761. The van der Waals surface area contributed by atoms with Crippen molar-refractivity contribution in [3.63, 3.8) is 0 Å². The van der Waals surface area contributed by atoms with E-state index >= 15 is 0 Å². The van der Waals surface area contributed by atoms with E-state index in [-0.39, 0.29) is 29.6 Å². The van der Waals surface area contributed by atoms with Crippen molar-refractivity contribution in [2.45, 2.75) is 44.9 Å². The number of nitrogens with one attached hydrogen (secondary N) is 3. The predicted octanol–water partition coefficient (Wildman–Crippen LogP) is 0.740. The van der Waals surface area contributed by atoms with Gasteiger partial charge in [-0.15, -0.1) is 11.3 Å². The van der Waals surface area contributed by atoms with Crippen LogP contribution in [0.15, 0.2) is 35.7 Å². The topological polar surface area (TPSA) is 158 Å². The van der Waals surface area contributed by atoms with E-state index in [0.717, 1.165) is 23.2 Å². The SMILES string of the molecule is CC(C)CNC(=O)C[C@@H](O)[C@H](O)[C@H](Cc1ccccc1)NC(=O)c1csc(NS(C)(=O)=O)n1. The van der Waals surface area contributed by atoms with E-state index in [0.29, 0.717) is 6.54 Å². The van der Waals surface area contributed by atoms with Gasteiger partial charge in [0.05, 0.1) is 24.8 Å². The van der Waals surface area contributed by atoms with Crippen molar-refractivity contribution in [3.05, 3.63) is 47.0 Å². The predicted molar refractivity (Wildman–Crippen MR) is 126 cm³/mol. The minimum Gasteiger partial charge on any atom is -0.390 e. The third-order valence-electron chi connectivity index (χ3n) is 4.53. The van der Waals surface area contributed by atoms with E-state index in [1.807, 2.05) is 32.0 Å². The molecule has 1 aromatic carbocycles. The first-order valence-corrected chi connectivity index (χ1v) is 13.1. The number of hydrogen-bond acceptors (Lipinski definition) is 8. The summed E-state index contributed by atoms with van der Waals surface area (Å²) in [4.78, 5) is 28.8. The Balaban J connectivity index is 2.12. The molecule has 0 saturated carbocycles. The number of aromatic nitrogens is 1. The fourth-order valence-electron chi connectivity index (χ4n) is 2.92. The van der Waals surface area contributed by atoms with E-state index in [2.05, 4.69) is 20.3 Å². The quantitative estimate of drug-likeness (QED) is 0.289. The molecule has 33 heavy (non-hydrogen) atoms. The number of anilines is 1. The zero-order valence-corrected chi connectivity index (χ0v) is 20.3. The van der Waals surface area contributed by atoms with E-state index in [1.54, 1.807) is 12.1 Å². The van der Waals surface area contributed by atoms with E-state index in [9.17, 15) is 28.2 Å². The van der Waals surface area contributed by atoms with Crippen LogP contribution in [0.4, 0.5) is 5.13 Å². The minimum atomic E-state index is -3.54. The summed E-state index contributed by atoms with van der Waals surface area (Å²) >= 11 is 0.940. The number of hydrogen-bond donors (Lipinski definition) is 5. The van der Waals surface area contributed by atoms with Crippen molar-refractivity contribution in [3.8, 4) is 0 Å². The van der Waals surface area contributed by atoms with Crippen LogP contribution in [0.3, 0.4) is 0 Å². The Hall–Kier alpha value is -2.54. The molecule has 0 aliphatic carbocycles. The second-order valence-electron chi connectivity index (χ2n) is 8.14. The number of rotatable bonds is 12. The molecule has 10 nitrogen and oxygen atoms in total. The van der Waals surface area contributed by atoms with Gasteiger partial charge in [-0.1, -0.05) is 44.2 Å². The zero-order chi connectivity index (χ0) is 24.6. The molecule has 12 heteroatoms. The molecule has 2 amide bonds. The lowest BCUT2D eigenvalue weighted by molar-refractivity contribution is -0.125. The third kappa shape index (κ3) is 9.46. The van der Waals surface area contributed by atoms with Crippen molar-refractivity contribution in [1.29, 1.82) is 0 Å². The van der Waals surface area contributed by atoms with Gasteiger partial charge < -0.3 is 20.8 Å². The largest absolute Gasteiger partial charge is 0.390 e. The minimum absolute atomic E-state index is 0.0321. The number of carbonyl (C=O) groups excluding carboxylic acids is 2. The van der Waals surface area contributed by atoms with Crippen LogP contribution in [-0.4, -0.2) is 66.5 Å². The molecule has 5 N–H and O–H groups in total. The van der Waals surface area contributed by atoms with Gasteiger partial charge in [0.2, 0.25) is 15.9 Å². The van der Waals surface area contributed by atoms with Crippen LogP contribution in [0, 0.1) is 5.92 Å². The standard InChI is InChI=1S/C21H30N4O6S2/c1-13(2)11-22-18(27)10-17(26)19(28)15(9-14-7-5-4-6-8-14)23-20(29)16-12-32-21(24-16)25-33(3,30)31/h4-8,12-13,15,17,19,26,28H,9-11H2,1-3H3,(H,22,27)(H,23,29)(H,24,25)/t15-,17+,19+/m0/s1. The Morgan fingerprint density at radius 3 is 2.42 bits per heavy atom. The number of sulfonamides is 1. The molecule has 0 radical (unpaired) electrons. The highest BCUT2D eigenvalue weighted by atomic mass is 32.2. The highest BCUT2D eigenvalue weighted by Gasteiger charge is 2.30. The average Bonchev–Trinajstić information content (AvgIpc) is 3.18. The normalized spacial score (nSPS) is 14.4. The number of nitrogens with zero attached hydrogens (tertiary/aromatic N) is 1. The summed E-state index contributed by atoms with van der Waals surface area (Å²) in [6.45, 7) is 4.32. The van der Waals surface area contributed by atoms with Gasteiger partial charge in [-0.05, 0) is 17.9 Å². The van der Waals surface area contributed by atoms with Gasteiger partial charge in [-0.3, -0.25) is 14.3 Å². The van der Waals surface area contributed by atoms with Crippen LogP contribution in [-0.2, 0) is 21.2 Å². The number of aliphatic hydroxyl groups excluding tert-OH is 2. The molecule has 0 saturated heterocycles. The van der Waals surface area contributed by atoms with Crippen LogP contribution in [0.2, 0.25) is 0 Å². The van der Waals surface area contributed by atoms with Crippen LogP contribution in [0.1, 0.15) is 36.3 Å². The number of carbonyl (C=O) groups is 2. The van der Waals surface area contributed by atoms with Crippen molar-refractivity contribution >= 4 is 38.3 Å².